The summed E-state index contributed by atoms with van der Waals surface area (Å²) in [6.45, 7) is 1.66. The second-order valence-electron chi connectivity index (χ2n) is 5.29. The second-order valence-corrected chi connectivity index (χ2v) is 5.29. The van der Waals surface area contributed by atoms with E-state index in [0.29, 0.717) is 5.76 Å². The molecule has 2 N–H and O–H groups in total. The van der Waals surface area contributed by atoms with Gasteiger partial charge in [-0.3, -0.25) is 14.6 Å². The molecule has 0 saturated carbocycles. The van der Waals surface area contributed by atoms with Crippen LogP contribution in [-0.4, -0.2) is 22.0 Å². The number of aryl methyl sites for hydroxylation is 1. The molecule has 1 aromatic carbocycles. The second kappa shape index (κ2) is 7.09. The third-order valence-corrected chi connectivity index (χ3v) is 3.33. The largest absolute Gasteiger partial charge is 0.360 e. The number of hydrogen-bond donors (Lipinski definition) is 2. The molecule has 0 radical (unpaired) electrons. The molecule has 2 heterocycles. The molecule has 2 aromatic heterocycles. The minimum atomic E-state index is -0.915. The number of hydrogen-bond acceptors (Lipinski definition) is 5. The maximum Gasteiger partial charge on any atom is 0.258 e. The molecule has 26 heavy (non-hydrogen) atoms. The van der Waals surface area contributed by atoms with E-state index < -0.39 is 29.1 Å². The van der Waals surface area contributed by atoms with Crippen LogP contribution in [0, 0.1) is 18.6 Å². The number of carbonyl (C=O) groups is 2. The van der Waals surface area contributed by atoms with Gasteiger partial charge in [-0.05, 0) is 25.1 Å². The fraction of sp³-hybridized carbons (Fsp3) is 0.0588. The Labute approximate surface area is 146 Å². The highest BCUT2D eigenvalue weighted by Gasteiger charge is 2.16. The molecule has 132 valence electrons. The van der Waals surface area contributed by atoms with Crippen molar-refractivity contribution in [2.75, 3.05) is 10.6 Å². The zero-order valence-corrected chi connectivity index (χ0v) is 13.4. The monoisotopic (exact) mass is 358 g/mol. The first-order valence-electron chi connectivity index (χ1n) is 7.39. The molecule has 0 aliphatic rings. The van der Waals surface area contributed by atoms with Gasteiger partial charge in [0, 0.05) is 18.5 Å². The average Bonchev–Trinajstić information content (AvgIpc) is 3.03. The van der Waals surface area contributed by atoms with Crippen LogP contribution >= 0.6 is 0 Å². The fourth-order valence-corrected chi connectivity index (χ4v) is 2.11. The third-order valence-electron chi connectivity index (χ3n) is 3.33. The summed E-state index contributed by atoms with van der Waals surface area (Å²) in [6, 6.07) is 5.96. The number of nitrogens with one attached hydrogen (secondary N) is 2. The number of para-hydroxylation sites is 1. The average molecular weight is 358 g/mol. The summed E-state index contributed by atoms with van der Waals surface area (Å²) in [5.74, 6) is -2.50. The molecule has 0 fully saturated rings. The van der Waals surface area contributed by atoms with Crippen LogP contribution in [-0.2, 0) is 0 Å². The van der Waals surface area contributed by atoms with Crippen molar-refractivity contribution < 1.29 is 22.9 Å². The van der Waals surface area contributed by atoms with Crippen molar-refractivity contribution in [3.8, 4) is 0 Å². The Morgan fingerprint density at radius 1 is 1.00 bits per heavy atom. The predicted octanol–water partition coefficient (Wildman–Crippen LogP) is 3.16. The molecular weight excluding hydrogens is 346 g/mol. The topological polar surface area (TPSA) is 97.1 Å². The van der Waals surface area contributed by atoms with Gasteiger partial charge in [0.25, 0.3) is 11.8 Å². The maximum absolute atomic E-state index is 13.6. The maximum atomic E-state index is 13.6. The summed E-state index contributed by atoms with van der Waals surface area (Å²) < 4.78 is 32.1. The highest BCUT2D eigenvalue weighted by Crippen LogP contribution is 2.19. The lowest BCUT2D eigenvalue weighted by molar-refractivity contribution is 0.102. The molecule has 9 heteroatoms. The number of nitrogens with zero attached hydrogens (tertiary/aromatic N) is 2. The number of carbonyl (C=O) groups excluding carboxylic acids is 2. The lowest BCUT2D eigenvalue weighted by atomic mass is 10.1. The van der Waals surface area contributed by atoms with Crippen LogP contribution in [0.25, 0.3) is 0 Å². The van der Waals surface area contributed by atoms with Crippen LogP contribution in [0.5, 0.6) is 0 Å². The van der Waals surface area contributed by atoms with Crippen LogP contribution < -0.4 is 10.6 Å². The van der Waals surface area contributed by atoms with E-state index in [1.807, 2.05) is 0 Å². The van der Waals surface area contributed by atoms with E-state index in [1.165, 1.54) is 30.6 Å². The molecular formula is C17H12F2N4O3. The van der Waals surface area contributed by atoms with Crippen molar-refractivity contribution in [2.45, 2.75) is 6.92 Å². The molecule has 2 amide bonds. The van der Waals surface area contributed by atoms with E-state index >= 15 is 0 Å². The minimum absolute atomic E-state index is 0.0448. The molecule has 0 unspecified atom stereocenters. The Bertz CT molecular complexity index is 967. The van der Waals surface area contributed by atoms with Gasteiger partial charge in [0.1, 0.15) is 23.1 Å². The third kappa shape index (κ3) is 3.72. The van der Waals surface area contributed by atoms with Crippen LogP contribution in [0.4, 0.5) is 20.3 Å². The summed E-state index contributed by atoms with van der Waals surface area (Å²) in [5, 5.41) is 8.23. The molecule has 0 spiro atoms. The van der Waals surface area contributed by atoms with E-state index in [4.69, 9.17) is 4.52 Å². The Morgan fingerprint density at radius 3 is 2.19 bits per heavy atom. The van der Waals surface area contributed by atoms with Gasteiger partial charge >= 0.3 is 0 Å². The van der Waals surface area contributed by atoms with E-state index in [9.17, 15) is 18.4 Å². The van der Waals surface area contributed by atoms with Gasteiger partial charge in [0.15, 0.2) is 5.82 Å². The van der Waals surface area contributed by atoms with E-state index in [1.54, 1.807) is 6.92 Å². The Hall–Kier alpha value is -3.62. The zero-order valence-electron chi connectivity index (χ0n) is 13.4. The highest BCUT2D eigenvalue weighted by atomic mass is 19.1. The van der Waals surface area contributed by atoms with Gasteiger partial charge < -0.3 is 15.2 Å². The summed E-state index contributed by atoms with van der Waals surface area (Å²) in [5.41, 5.74) is -0.561. The van der Waals surface area contributed by atoms with Crippen LogP contribution in [0.15, 0.2) is 47.2 Å². The minimum Gasteiger partial charge on any atom is -0.360 e. The summed E-state index contributed by atoms with van der Waals surface area (Å²) in [7, 11) is 0. The van der Waals surface area contributed by atoms with Gasteiger partial charge in [0.05, 0.1) is 11.1 Å². The van der Waals surface area contributed by atoms with Gasteiger partial charge in [-0.2, -0.15) is 0 Å². The number of pyridine rings is 1. The molecule has 0 saturated heterocycles. The van der Waals surface area contributed by atoms with Crippen LogP contribution in [0.2, 0.25) is 0 Å². The molecule has 0 aliphatic heterocycles. The van der Waals surface area contributed by atoms with Gasteiger partial charge in [0.2, 0.25) is 0 Å². The van der Waals surface area contributed by atoms with Crippen LogP contribution in [0.3, 0.4) is 0 Å². The Morgan fingerprint density at radius 2 is 1.62 bits per heavy atom. The summed E-state index contributed by atoms with van der Waals surface area (Å²) in [4.78, 5) is 28.2. The smallest absolute Gasteiger partial charge is 0.258 e. The van der Waals surface area contributed by atoms with Gasteiger partial charge in [-0.1, -0.05) is 11.2 Å². The van der Waals surface area contributed by atoms with Crippen molar-refractivity contribution in [2.24, 2.45) is 0 Å². The first-order valence-corrected chi connectivity index (χ1v) is 7.39. The lowest BCUT2D eigenvalue weighted by Gasteiger charge is -2.08. The summed E-state index contributed by atoms with van der Waals surface area (Å²) in [6.07, 6.45) is 2.41. The zero-order chi connectivity index (χ0) is 18.7. The number of amides is 2. The van der Waals surface area contributed by atoms with Crippen molar-refractivity contribution in [1.29, 1.82) is 0 Å². The number of benzene rings is 1. The first kappa shape index (κ1) is 17.2. The quantitative estimate of drug-likeness (QED) is 0.747. The van der Waals surface area contributed by atoms with Gasteiger partial charge in [-0.15, -0.1) is 0 Å². The molecule has 0 atom stereocenters. The molecule has 0 bridgehead atoms. The number of anilines is 2. The molecule has 7 nitrogen and oxygen atoms in total. The van der Waals surface area contributed by atoms with E-state index in [2.05, 4.69) is 20.8 Å². The van der Waals surface area contributed by atoms with Gasteiger partial charge in [-0.25, -0.2) is 8.78 Å². The van der Waals surface area contributed by atoms with Crippen molar-refractivity contribution in [3.05, 3.63) is 71.2 Å². The number of aromatic nitrogens is 2. The normalized spacial score (nSPS) is 10.4. The van der Waals surface area contributed by atoms with E-state index in [0.717, 1.165) is 12.1 Å². The molecule has 3 rings (SSSR count). The lowest BCUT2D eigenvalue weighted by Crippen LogP contribution is -2.17. The first-order chi connectivity index (χ1) is 12.4. The van der Waals surface area contributed by atoms with Crippen molar-refractivity contribution >= 4 is 23.3 Å². The van der Waals surface area contributed by atoms with Crippen molar-refractivity contribution in [3.63, 3.8) is 0 Å². The Balaban J connectivity index is 1.78. The van der Waals surface area contributed by atoms with Crippen LogP contribution in [0.1, 0.15) is 26.5 Å². The standard InChI is InChI=1S/C17H12F2N4O3/c1-9-5-14(23-26-9)21-16(24)10-6-11(8-20-7-10)17(25)22-15-12(18)3-2-4-13(15)19/h2-8H,1H3,(H,22,25)(H,21,23,24). The molecule has 3 aromatic rings. The highest BCUT2D eigenvalue weighted by molar-refractivity contribution is 6.08. The summed E-state index contributed by atoms with van der Waals surface area (Å²) >= 11 is 0. The van der Waals surface area contributed by atoms with E-state index in [-0.39, 0.29) is 16.9 Å². The molecule has 0 aliphatic carbocycles. The number of halogens is 2. The Kier molecular flexibility index (Phi) is 4.70. The van der Waals surface area contributed by atoms with Crippen molar-refractivity contribution in [1.82, 2.24) is 10.1 Å². The predicted molar refractivity (Wildman–Crippen MR) is 87.7 cm³/mol. The number of rotatable bonds is 4. The fourth-order valence-electron chi connectivity index (χ4n) is 2.11. The SMILES string of the molecule is Cc1cc(NC(=O)c2cncc(C(=O)Nc3c(F)cccc3F)c2)no1.